The average molecular weight is 327 g/mol. The zero-order valence-electron chi connectivity index (χ0n) is 10.8. The first kappa shape index (κ1) is 15.6. The summed E-state index contributed by atoms with van der Waals surface area (Å²) in [4.78, 5) is 11.8. The predicted molar refractivity (Wildman–Crippen MR) is 79.2 cm³/mol. The zero-order chi connectivity index (χ0) is 15.4. The van der Waals surface area contributed by atoms with Crippen LogP contribution in [0.5, 0.6) is 0 Å². The Labute approximate surface area is 131 Å². The lowest BCUT2D eigenvalue weighted by Crippen LogP contribution is -2.40. The molecule has 0 radical (unpaired) electrons. The van der Waals surface area contributed by atoms with E-state index < -0.39 is 12.0 Å². The number of rotatable bonds is 4. The van der Waals surface area contributed by atoms with Crippen LogP contribution in [0.15, 0.2) is 42.6 Å². The highest BCUT2D eigenvalue weighted by Crippen LogP contribution is 2.25. The van der Waals surface area contributed by atoms with E-state index in [2.05, 4.69) is 5.32 Å². The van der Waals surface area contributed by atoms with E-state index in [9.17, 15) is 15.1 Å². The van der Waals surface area contributed by atoms with Gasteiger partial charge in [0, 0.05) is 34.3 Å². The van der Waals surface area contributed by atoms with Crippen LogP contribution in [0.4, 0.5) is 0 Å². The first-order chi connectivity index (χ1) is 9.99. The van der Waals surface area contributed by atoms with E-state index in [0.717, 1.165) is 0 Å². The third kappa shape index (κ3) is 3.85. The van der Waals surface area contributed by atoms with E-state index in [1.807, 2.05) is 0 Å². The van der Waals surface area contributed by atoms with Gasteiger partial charge in [0.1, 0.15) is 0 Å². The van der Waals surface area contributed by atoms with E-state index in [4.69, 9.17) is 23.2 Å². The van der Waals surface area contributed by atoms with Crippen LogP contribution in [-0.4, -0.2) is 17.6 Å². The number of carbonyl (C=O) groups excluding carboxylic acids is 1. The highest BCUT2D eigenvalue weighted by atomic mass is 35.5. The van der Waals surface area contributed by atoms with Gasteiger partial charge in [-0.15, -0.1) is 0 Å². The summed E-state index contributed by atoms with van der Waals surface area (Å²) < 4.78 is 0.455. The number of aliphatic hydroxyl groups is 1. The van der Waals surface area contributed by atoms with Crippen molar-refractivity contribution in [2.45, 2.75) is 6.10 Å². The van der Waals surface area contributed by atoms with Gasteiger partial charge in [-0.2, -0.15) is 4.73 Å². The van der Waals surface area contributed by atoms with Crippen molar-refractivity contribution in [3.63, 3.8) is 0 Å². The molecule has 0 saturated carbocycles. The van der Waals surface area contributed by atoms with Gasteiger partial charge in [-0.05, 0) is 18.2 Å². The van der Waals surface area contributed by atoms with Crippen molar-refractivity contribution < 1.29 is 14.6 Å². The minimum absolute atomic E-state index is 0.0492. The molecular weight excluding hydrogens is 315 g/mol. The fourth-order valence-corrected chi connectivity index (χ4v) is 2.30. The van der Waals surface area contributed by atoms with Crippen LogP contribution in [-0.2, 0) is 0 Å². The highest BCUT2D eigenvalue weighted by Gasteiger charge is 2.18. The van der Waals surface area contributed by atoms with Crippen LogP contribution in [0.3, 0.4) is 0 Å². The number of nitrogens with one attached hydrogen (secondary N) is 1. The average Bonchev–Trinajstić information content (AvgIpc) is 2.45. The number of amides is 1. The Morgan fingerprint density at radius 2 is 2.10 bits per heavy atom. The smallest absolute Gasteiger partial charge is 0.317 e. The first-order valence-corrected chi connectivity index (χ1v) is 6.84. The Bertz CT molecular complexity index is 664. The van der Waals surface area contributed by atoms with Crippen molar-refractivity contribution in [1.82, 2.24) is 5.32 Å². The summed E-state index contributed by atoms with van der Waals surface area (Å²) in [5.41, 5.74) is 0.399. The second-order valence-corrected chi connectivity index (χ2v) is 5.15. The van der Waals surface area contributed by atoms with Crippen molar-refractivity contribution in [2.24, 2.45) is 0 Å². The van der Waals surface area contributed by atoms with Crippen molar-refractivity contribution in [1.29, 1.82) is 0 Å². The summed E-state index contributed by atoms with van der Waals surface area (Å²) in [5.74, 6) is -0.574. The number of nitrogens with zero attached hydrogens (tertiary/aromatic N) is 1. The number of hydrogen-bond donors (Lipinski definition) is 2. The van der Waals surface area contributed by atoms with Crippen molar-refractivity contribution in [3.8, 4) is 0 Å². The quantitative estimate of drug-likeness (QED) is 0.667. The number of hydrogen-bond acceptors (Lipinski definition) is 3. The van der Waals surface area contributed by atoms with E-state index in [-0.39, 0.29) is 12.2 Å². The van der Waals surface area contributed by atoms with Crippen LogP contribution >= 0.6 is 23.2 Å². The second kappa shape index (κ2) is 6.76. The SMILES string of the molecule is O=C(NCC(O)c1ccc(Cl)cc1Cl)c1cccc[n+]1[O-]. The summed E-state index contributed by atoms with van der Waals surface area (Å²) in [6.07, 6.45) is 0.226. The summed E-state index contributed by atoms with van der Waals surface area (Å²) in [6.45, 7) is -0.0743. The maximum absolute atomic E-state index is 11.8. The van der Waals surface area contributed by atoms with Crippen molar-refractivity contribution in [3.05, 3.63) is 69.1 Å². The molecule has 1 aromatic heterocycles. The monoisotopic (exact) mass is 326 g/mol. The standard InChI is InChI=1S/C14H12Cl2N2O3/c15-9-4-5-10(11(16)7-9)13(19)8-17-14(20)12-3-1-2-6-18(12)21/h1-7,13,19H,8H2,(H,17,20). The molecule has 1 amide bonds. The van der Waals surface area contributed by atoms with Gasteiger partial charge >= 0.3 is 5.91 Å². The van der Waals surface area contributed by atoms with Gasteiger partial charge in [-0.3, -0.25) is 4.79 Å². The maximum atomic E-state index is 11.8. The Balaban J connectivity index is 2.02. The van der Waals surface area contributed by atoms with Gasteiger partial charge in [0.25, 0.3) is 5.69 Å². The van der Waals surface area contributed by atoms with Crippen molar-refractivity contribution >= 4 is 29.1 Å². The minimum Gasteiger partial charge on any atom is -0.618 e. The Morgan fingerprint density at radius 1 is 1.33 bits per heavy atom. The van der Waals surface area contributed by atoms with Gasteiger partial charge in [0.05, 0.1) is 6.10 Å². The third-order valence-electron chi connectivity index (χ3n) is 2.83. The lowest BCUT2D eigenvalue weighted by molar-refractivity contribution is -0.607. The van der Waals surface area contributed by atoms with Crippen LogP contribution in [0, 0.1) is 5.21 Å². The molecule has 0 bridgehead atoms. The number of benzene rings is 1. The predicted octanol–water partition coefficient (Wildman–Crippen LogP) is 2.09. The molecule has 2 aromatic rings. The van der Waals surface area contributed by atoms with Crippen LogP contribution in [0.1, 0.15) is 22.2 Å². The number of aromatic nitrogens is 1. The number of aliphatic hydroxyl groups excluding tert-OH is 1. The third-order valence-corrected chi connectivity index (χ3v) is 3.40. The Kier molecular flexibility index (Phi) is 5.01. The fraction of sp³-hybridized carbons (Fsp3) is 0.143. The lowest BCUT2D eigenvalue weighted by atomic mass is 10.1. The molecule has 1 unspecified atom stereocenters. The van der Waals surface area contributed by atoms with E-state index >= 15 is 0 Å². The Morgan fingerprint density at radius 3 is 2.76 bits per heavy atom. The lowest BCUT2D eigenvalue weighted by Gasteiger charge is -2.13. The maximum Gasteiger partial charge on any atom is 0.317 e. The van der Waals surface area contributed by atoms with E-state index in [1.165, 1.54) is 24.4 Å². The number of pyridine rings is 1. The molecule has 2 rings (SSSR count). The molecule has 0 aliphatic heterocycles. The van der Waals surface area contributed by atoms with Gasteiger partial charge in [-0.1, -0.05) is 29.3 Å². The zero-order valence-corrected chi connectivity index (χ0v) is 12.3. The fourth-order valence-electron chi connectivity index (χ4n) is 1.77. The molecule has 1 heterocycles. The molecular formula is C14H12Cl2N2O3. The summed E-state index contributed by atoms with van der Waals surface area (Å²) in [7, 11) is 0. The van der Waals surface area contributed by atoms with Crippen molar-refractivity contribution in [2.75, 3.05) is 6.54 Å². The van der Waals surface area contributed by atoms with Gasteiger partial charge in [0.15, 0.2) is 6.20 Å². The molecule has 0 spiro atoms. The molecule has 110 valence electrons. The van der Waals surface area contributed by atoms with Crippen LogP contribution in [0.25, 0.3) is 0 Å². The van der Waals surface area contributed by atoms with E-state index in [1.54, 1.807) is 18.2 Å². The summed E-state index contributed by atoms with van der Waals surface area (Å²) >= 11 is 11.7. The van der Waals surface area contributed by atoms with Gasteiger partial charge in [-0.25, -0.2) is 0 Å². The topological polar surface area (TPSA) is 76.3 Å². The van der Waals surface area contributed by atoms with Crippen LogP contribution < -0.4 is 10.0 Å². The number of halogens is 2. The molecule has 0 aliphatic carbocycles. The van der Waals surface area contributed by atoms with E-state index in [0.29, 0.717) is 20.3 Å². The molecule has 21 heavy (non-hydrogen) atoms. The molecule has 0 saturated heterocycles. The number of carbonyl (C=O) groups is 1. The largest absolute Gasteiger partial charge is 0.618 e. The molecule has 0 aliphatic rings. The molecule has 0 fully saturated rings. The molecule has 1 atom stereocenters. The Hall–Kier alpha value is -1.82. The highest BCUT2D eigenvalue weighted by molar-refractivity contribution is 6.35. The van der Waals surface area contributed by atoms with Crippen LogP contribution in [0.2, 0.25) is 10.0 Å². The normalized spacial score (nSPS) is 12.0. The first-order valence-electron chi connectivity index (χ1n) is 6.08. The second-order valence-electron chi connectivity index (χ2n) is 4.30. The molecule has 2 N–H and O–H groups in total. The van der Waals surface area contributed by atoms with Gasteiger partial charge in [0.2, 0.25) is 0 Å². The molecule has 5 nitrogen and oxygen atoms in total. The molecule has 7 heteroatoms. The summed E-state index contributed by atoms with van der Waals surface area (Å²) in [6, 6.07) is 9.17. The minimum atomic E-state index is -0.998. The van der Waals surface area contributed by atoms with Gasteiger partial charge < -0.3 is 15.6 Å². The summed E-state index contributed by atoms with van der Waals surface area (Å²) in [5, 5.41) is 24.7. The molecule has 1 aromatic carbocycles.